The first kappa shape index (κ1) is 33.3. The Morgan fingerprint density at radius 2 is 1.82 bits per heavy atom. The summed E-state index contributed by atoms with van der Waals surface area (Å²) in [6.07, 6.45) is 14.8. The lowest BCUT2D eigenvalue weighted by Gasteiger charge is -2.30. The SMILES string of the molecule is C.COC1=C2C(=NC(=CC=CC3=Nc4c(c(OC)cc[n+]4C)C3(C)C)C2(C)C)N(CCCCCC(=O)O)C=C1.[I-]. The van der Waals surface area contributed by atoms with Crippen molar-refractivity contribution < 1.29 is 47.9 Å². The van der Waals surface area contributed by atoms with Gasteiger partial charge in [0.25, 0.3) is 0 Å². The Bertz CT molecular complexity index is 1320. The first-order chi connectivity index (χ1) is 18.0. The van der Waals surface area contributed by atoms with Gasteiger partial charge in [0, 0.05) is 36.2 Å². The van der Waals surface area contributed by atoms with Crippen LogP contribution in [0.1, 0.15) is 66.4 Å². The Labute approximate surface area is 255 Å². The van der Waals surface area contributed by atoms with Crippen LogP contribution in [0.25, 0.3) is 0 Å². The number of allylic oxidation sites excluding steroid dienone is 5. The number of fused-ring (bicyclic) bond motifs is 2. The summed E-state index contributed by atoms with van der Waals surface area (Å²) in [4.78, 5) is 23.0. The van der Waals surface area contributed by atoms with E-state index in [1.807, 2.05) is 42.2 Å². The number of carboxylic acid groups (broad SMARTS) is 1. The first-order valence-corrected chi connectivity index (χ1v) is 13.1. The number of halogens is 1. The second kappa shape index (κ2) is 13.1. The van der Waals surface area contributed by atoms with Crippen LogP contribution in [0.3, 0.4) is 0 Å². The summed E-state index contributed by atoms with van der Waals surface area (Å²) in [6, 6.07) is 1.98. The molecule has 1 aromatic heterocycles. The van der Waals surface area contributed by atoms with Crippen molar-refractivity contribution in [2.45, 2.75) is 66.2 Å². The second-order valence-corrected chi connectivity index (χ2v) is 10.9. The molecule has 0 saturated heterocycles. The van der Waals surface area contributed by atoms with Crippen LogP contribution < -0.4 is 33.3 Å². The van der Waals surface area contributed by atoms with E-state index >= 15 is 0 Å². The molecule has 0 amide bonds. The lowest BCUT2D eigenvalue weighted by Crippen LogP contribution is -3.00. The molecule has 0 unspecified atom stereocenters. The van der Waals surface area contributed by atoms with Crippen LogP contribution in [0.5, 0.6) is 5.75 Å². The number of methoxy groups -OCH3 is 2. The summed E-state index contributed by atoms with van der Waals surface area (Å²) in [5, 5.41) is 8.89. The van der Waals surface area contributed by atoms with Crippen molar-refractivity contribution in [1.82, 2.24) is 4.90 Å². The van der Waals surface area contributed by atoms with Crippen LogP contribution in [0.15, 0.2) is 69.8 Å². The average Bonchev–Trinajstić information content (AvgIpc) is 3.29. The molecule has 0 aliphatic carbocycles. The Kier molecular flexibility index (Phi) is 10.9. The molecule has 0 saturated carbocycles. The zero-order chi connectivity index (χ0) is 27.7. The molecule has 0 atom stereocenters. The summed E-state index contributed by atoms with van der Waals surface area (Å²) in [6.45, 7) is 9.44. The fourth-order valence-electron chi connectivity index (χ4n) is 5.36. The van der Waals surface area contributed by atoms with Crippen LogP contribution in [0, 0.1) is 5.41 Å². The maximum atomic E-state index is 10.8. The van der Waals surface area contributed by atoms with Crippen LogP contribution >= 0.6 is 0 Å². The number of carboxylic acids is 1. The van der Waals surface area contributed by atoms with Crippen LogP contribution in [0.2, 0.25) is 0 Å². The molecule has 4 rings (SSSR count). The number of aryl methyl sites for hydroxylation is 1. The predicted octanol–water partition coefficient (Wildman–Crippen LogP) is 2.78. The van der Waals surface area contributed by atoms with E-state index in [0.29, 0.717) is 6.42 Å². The summed E-state index contributed by atoms with van der Waals surface area (Å²) < 4.78 is 13.4. The molecular weight excluding hydrogens is 619 g/mol. The Balaban J connectivity index is 0.00000280. The van der Waals surface area contributed by atoms with Crippen molar-refractivity contribution in [2.24, 2.45) is 22.4 Å². The fourth-order valence-corrected chi connectivity index (χ4v) is 5.36. The number of aromatic nitrogens is 1. The number of rotatable bonds is 10. The molecule has 40 heavy (non-hydrogen) atoms. The highest BCUT2D eigenvalue weighted by Crippen LogP contribution is 2.47. The van der Waals surface area contributed by atoms with E-state index in [4.69, 9.17) is 24.6 Å². The fraction of sp³-hybridized carbons (Fsp3) is 0.484. The standard InChI is InChI=1S/C30H38N4O4.CH4.HI/c1-29(2)22(31-27-25(29)20(37-6)15-18-33(27)5)12-11-13-23-30(3,4)26-21(38-7)16-19-34(28(26)32-23)17-10-8-9-14-24(35)36;;/h11-13,15-16,18-19H,8-10,14,17H2,1-7H3;1H4;1H. The van der Waals surface area contributed by atoms with Crippen molar-refractivity contribution in [1.29, 1.82) is 0 Å². The molecule has 4 heterocycles. The third-order valence-electron chi connectivity index (χ3n) is 7.62. The number of aliphatic imine (C=N–C) groups is 2. The van der Waals surface area contributed by atoms with Crippen molar-refractivity contribution in [3.63, 3.8) is 0 Å². The predicted molar refractivity (Wildman–Crippen MR) is 155 cm³/mol. The normalized spacial score (nSPS) is 19.1. The molecule has 1 N–H and O–H groups in total. The van der Waals surface area contributed by atoms with Gasteiger partial charge in [-0.25, -0.2) is 9.56 Å². The molecule has 0 fully saturated rings. The van der Waals surface area contributed by atoms with Gasteiger partial charge in [-0.2, -0.15) is 0 Å². The van der Waals surface area contributed by atoms with E-state index in [0.717, 1.165) is 65.1 Å². The molecule has 8 nitrogen and oxygen atoms in total. The minimum Gasteiger partial charge on any atom is -1.00 e. The molecule has 218 valence electrons. The highest BCUT2D eigenvalue weighted by Gasteiger charge is 2.45. The van der Waals surface area contributed by atoms with E-state index in [1.165, 1.54) is 0 Å². The number of hydrogen-bond acceptors (Lipinski definition) is 6. The topological polar surface area (TPSA) is 87.6 Å². The number of carbonyl (C=O) groups is 1. The van der Waals surface area contributed by atoms with Crippen molar-refractivity contribution in [3.05, 3.63) is 65.4 Å². The maximum absolute atomic E-state index is 10.8. The van der Waals surface area contributed by atoms with E-state index in [2.05, 4.69) is 44.7 Å². The van der Waals surface area contributed by atoms with Gasteiger partial charge in [-0.1, -0.05) is 19.9 Å². The Morgan fingerprint density at radius 3 is 2.48 bits per heavy atom. The number of amidine groups is 1. The number of aliphatic carboxylic acids is 1. The summed E-state index contributed by atoms with van der Waals surface area (Å²) in [5.74, 6) is 2.73. The lowest BCUT2D eigenvalue weighted by atomic mass is 9.80. The van der Waals surface area contributed by atoms with Crippen LogP contribution in [0.4, 0.5) is 5.82 Å². The molecule has 0 bridgehead atoms. The second-order valence-electron chi connectivity index (χ2n) is 10.9. The van der Waals surface area contributed by atoms with Gasteiger partial charge in [-0.15, -0.1) is 0 Å². The van der Waals surface area contributed by atoms with Gasteiger partial charge >= 0.3 is 11.8 Å². The third kappa shape index (κ3) is 6.19. The first-order valence-electron chi connectivity index (χ1n) is 13.1. The van der Waals surface area contributed by atoms with E-state index in [9.17, 15) is 4.79 Å². The zero-order valence-electron chi connectivity index (χ0n) is 23.9. The van der Waals surface area contributed by atoms with Crippen LogP contribution in [-0.2, 0) is 22.0 Å². The van der Waals surface area contributed by atoms with Gasteiger partial charge in [0.2, 0.25) is 0 Å². The van der Waals surface area contributed by atoms with Gasteiger partial charge in [-0.3, -0.25) is 4.79 Å². The molecular formula is C31H43IN4O4. The lowest BCUT2D eigenvalue weighted by molar-refractivity contribution is -0.658. The number of pyridine rings is 1. The molecule has 0 aromatic carbocycles. The minimum absolute atomic E-state index is 0. The number of unbranched alkanes of at least 4 members (excludes halogenated alkanes) is 2. The quantitative estimate of drug-likeness (QED) is 0.237. The van der Waals surface area contributed by atoms with E-state index < -0.39 is 5.97 Å². The largest absolute Gasteiger partial charge is 1.00 e. The van der Waals surface area contributed by atoms with Gasteiger partial charge in [0.15, 0.2) is 5.71 Å². The monoisotopic (exact) mass is 662 g/mol. The molecule has 0 radical (unpaired) electrons. The number of nitrogens with zero attached hydrogens (tertiary/aromatic N) is 4. The molecule has 9 heteroatoms. The zero-order valence-corrected chi connectivity index (χ0v) is 26.1. The Hall–Kier alpha value is -2.95. The third-order valence-corrected chi connectivity index (χ3v) is 7.62. The van der Waals surface area contributed by atoms with Crippen LogP contribution in [-0.4, -0.2) is 48.3 Å². The highest BCUT2D eigenvalue weighted by molar-refractivity contribution is 6.08. The minimum atomic E-state index is -0.744. The van der Waals surface area contributed by atoms with E-state index in [-0.39, 0.29) is 48.7 Å². The Morgan fingerprint density at radius 1 is 1.10 bits per heavy atom. The van der Waals surface area contributed by atoms with E-state index in [1.54, 1.807) is 14.2 Å². The maximum Gasteiger partial charge on any atom is 0.331 e. The molecule has 3 aliphatic heterocycles. The van der Waals surface area contributed by atoms with Crippen molar-refractivity contribution in [3.8, 4) is 5.75 Å². The van der Waals surface area contributed by atoms with Gasteiger partial charge in [-0.05, 0) is 63.8 Å². The number of ether oxygens (including phenoxy) is 2. The molecule has 3 aliphatic rings. The summed E-state index contributed by atoms with van der Waals surface area (Å²) >= 11 is 0. The van der Waals surface area contributed by atoms with Gasteiger partial charge in [0.1, 0.15) is 22.9 Å². The summed E-state index contributed by atoms with van der Waals surface area (Å²) in [5.41, 5.74) is 3.42. The number of hydrogen-bond donors (Lipinski definition) is 1. The van der Waals surface area contributed by atoms with Gasteiger partial charge < -0.3 is 43.5 Å². The molecule has 0 spiro atoms. The molecule has 1 aromatic rings. The summed E-state index contributed by atoms with van der Waals surface area (Å²) in [7, 11) is 5.39. The van der Waals surface area contributed by atoms with Gasteiger partial charge in [0.05, 0.1) is 38.6 Å². The average molecular weight is 663 g/mol. The smallest absolute Gasteiger partial charge is 0.331 e. The van der Waals surface area contributed by atoms with Crippen molar-refractivity contribution >= 4 is 23.3 Å². The highest BCUT2D eigenvalue weighted by atomic mass is 127. The van der Waals surface area contributed by atoms with Crippen molar-refractivity contribution in [2.75, 3.05) is 20.8 Å².